The van der Waals surface area contributed by atoms with E-state index in [-0.39, 0.29) is 0 Å². The summed E-state index contributed by atoms with van der Waals surface area (Å²) >= 11 is 0. The zero-order chi connectivity index (χ0) is 8.85. The average molecular weight is 160 g/mol. The molecule has 0 heterocycles. The lowest BCUT2D eigenvalue weighted by molar-refractivity contribution is -0.164. The molecule has 0 saturated carbocycles. The minimum atomic E-state index is -0.799. The van der Waals surface area contributed by atoms with Gasteiger partial charge in [-0.2, -0.15) is 0 Å². The van der Waals surface area contributed by atoms with E-state index in [0.717, 1.165) is 0 Å². The molecule has 0 saturated heterocycles. The van der Waals surface area contributed by atoms with Crippen LogP contribution in [0.15, 0.2) is 0 Å². The van der Waals surface area contributed by atoms with E-state index < -0.39 is 18.0 Å². The number of carbonyl (C=O) groups excluding carboxylic acids is 2. The number of ether oxygens (including phenoxy) is 2. The molecule has 11 heavy (non-hydrogen) atoms. The first-order chi connectivity index (χ1) is 5.07. The van der Waals surface area contributed by atoms with Crippen LogP contribution in [0.2, 0.25) is 0 Å². The standard InChI is InChI=1S/C7H12O4/c1-4-10-7(9)5(2)11-6(3)8/h5H,4H2,1-3H3/t5-/m0/s1. The van der Waals surface area contributed by atoms with Crippen LogP contribution < -0.4 is 0 Å². The van der Waals surface area contributed by atoms with Crippen molar-refractivity contribution in [3.8, 4) is 0 Å². The van der Waals surface area contributed by atoms with Crippen LogP contribution in [0.3, 0.4) is 0 Å². The summed E-state index contributed by atoms with van der Waals surface area (Å²) < 4.78 is 9.14. The van der Waals surface area contributed by atoms with Crippen molar-refractivity contribution in [1.82, 2.24) is 0 Å². The van der Waals surface area contributed by atoms with Gasteiger partial charge in [0, 0.05) is 6.92 Å². The van der Waals surface area contributed by atoms with Crippen LogP contribution in [0.25, 0.3) is 0 Å². The smallest absolute Gasteiger partial charge is 0.347 e. The van der Waals surface area contributed by atoms with Gasteiger partial charge in [-0.1, -0.05) is 0 Å². The first kappa shape index (κ1) is 9.94. The van der Waals surface area contributed by atoms with Gasteiger partial charge in [-0.3, -0.25) is 4.79 Å². The Morgan fingerprint density at radius 1 is 1.45 bits per heavy atom. The summed E-state index contributed by atoms with van der Waals surface area (Å²) in [6, 6.07) is 0. The third-order valence-electron chi connectivity index (χ3n) is 0.961. The molecule has 4 nitrogen and oxygen atoms in total. The van der Waals surface area contributed by atoms with Crippen molar-refractivity contribution in [3.63, 3.8) is 0 Å². The molecule has 0 aromatic rings. The third kappa shape index (κ3) is 4.36. The van der Waals surface area contributed by atoms with E-state index >= 15 is 0 Å². The van der Waals surface area contributed by atoms with Crippen molar-refractivity contribution >= 4 is 11.9 Å². The second kappa shape index (κ2) is 4.71. The average Bonchev–Trinajstić information content (AvgIpc) is 1.86. The van der Waals surface area contributed by atoms with E-state index in [1.54, 1.807) is 6.92 Å². The van der Waals surface area contributed by atoms with Gasteiger partial charge in [0.25, 0.3) is 0 Å². The molecule has 0 unspecified atom stereocenters. The van der Waals surface area contributed by atoms with Crippen molar-refractivity contribution in [2.75, 3.05) is 6.61 Å². The Balaban J connectivity index is 3.73. The van der Waals surface area contributed by atoms with Crippen molar-refractivity contribution in [1.29, 1.82) is 0 Å². The zero-order valence-electron chi connectivity index (χ0n) is 6.92. The molecule has 0 radical (unpaired) electrons. The largest absolute Gasteiger partial charge is 0.463 e. The van der Waals surface area contributed by atoms with E-state index in [4.69, 9.17) is 0 Å². The molecular weight excluding hydrogens is 148 g/mol. The minimum Gasteiger partial charge on any atom is -0.463 e. The Morgan fingerprint density at radius 3 is 2.36 bits per heavy atom. The lowest BCUT2D eigenvalue weighted by Gasteiger charge is -2.09. The summed E-state index contributed by atoms with van der Waals surface area (Å²) in [5.41, 5.74) is 0. The number of esters is 2. The highest BCUT2D eigenvalue weighted by atomic mass is 16.6. The first-order valence-corrected chi connectivity index (χ1v) is 3.41. The molecule has 0 aliphatic heterocycles. The first-order valence-electron chi connectivity index (χ1n) is 3.41. The van der Waals surface area contributed by atoms with E-state index in [9.17, 15) is 9.59 Å². The molecule has 0 spiro atoms. The Morgan fingerprint density at radius 2 is 2.00 bits per heavy atom. The van der Waals surface area contributed by atoms with E-state index in [2.05, 4.69) is 9.47 Å². The van der Waals surface area contributed by atoms with Crippen LogP contribution in [0, 0.1) is 0 Å². The van der Waals surface area contributed by atoms with Crippen LogP contribution in [-0.4, -0.2) is 24.6 Å². The number of rotatable bonds is 3. The van der Waals surface area contributed by atoms with Crippen molar-refractivity contribution < 1.29 is 19.1 Å². The topological polar surface area (TPSA) is 52.6 Å². The van der Waals surface area contributed by atoms with E-state index in [1.807, 2.05) is 0 Å². The molecular formula is C7H12O4. The summed E-state index contributed by atoms with van der Waals surface area (Å²) in [7, 11) is 0. The maximum absolute atomic E-state index is 10.8. The number of hydrogen-bond acceptors (Lipinski definition) is 4. The Labute approximate surface area is 65.5 Å². The van der Waals surface area contributed by atoms with Crippen LogP contribution in [0.1, 0.15) is 20.8 Å². The van der Waals surface area contributed by atoms with Crippen molar-refractivity contribution in [2.45, 2.75) is 26.9 Å². The van der Waals surface area contributed by atoms with Crippen molar-refractivity contribution in [2.24, 2.45) is 0 Å². The molecule has 0 aliphatic carbocycles. The molecule has 0 amide bonds. The number of hydrogen-bond donors (Lipinski definition) is 0. The van der Waals surface area contributed by atoms with Gasteiger partial charge in [0.2, 0.25) is 0 Å². The Hall–Kier alpha value is -1.06. The highest BCUT2D eigenvalue weighted by molar-refractivity contribution is 5.78. The van der Waals surface area contributed by atoms with E-state index in [0.29, 0.717) is 6.61 Å². The predicted molar refractivity (Wildman–Crippen MR) is 37.9 cm³/mol. The van der Waals surface area contributed by atoms with Gasteiger partial charge in [0.1, 0.15) is 0 Å². The zero-order valence-corrected chi connectivity index (χ0v) is 6.92. The van der Waals surface area contributed by atoms with Gasteiger partial charge >= 0.3 is 11.9 Å². The molecule has 0 aromatic carbocycles. The second-order valence-electron chi connectivity index (χ2n) is 2.00. The summed E-state index contributed by atoms with van der Waals surface area (Å²) in [4.78, 5) is 21.1. The molecule has 0 N–H and O–H groups in total. The Kier molecular flexibility index (Phi) is 4.26. The van der Waals surface area contributed by atoms with Crippen LogP contribution >= 0.6 is 0 Å². The van der Waals surface area contributed by atoms with Gasteiger partial charge in [0.15, 0.2) is 6.10 Å². The highest BCUT2D eigenvalue weighted by Crippen LogP contribution is 1.94. The lowest BCUT2D eigenvalue weighted by atomic mass is 10.4. The maximum atomic E-state index is 10.8. The summed E-state index contributed by atoms with van der Waals surface area (Å²) in [6.07, 6.45) is -0.799. The molecule has 1 atom stereocenters. The van der Waals surface area contributed by atoms with Crippen LogP contribution in [0.4, 0.5) is 0 Å². The third-order valence-corrected chi connectivity index (χ3v) is 0.961. The molecule has 0 aliphatic rings. The summed E-state index contributed by atoms with van der Waals surface area (Å²) in [5.74, 6) is -0.992. The fourth-order valence-electron chi connectivity index (χ4n) is 0.557. The normalized spacial score (nSPS) is 11.9. The molecule has 0 rings (SSSR count). The molecule has 0 bridgehead atoms. The van der Waals surface area contributed by atoms with Crippen LogP contribution in [0.5, 0.6) is 0 Å². The quantitative estimate of drug-likeness (QED) is 0.564. The summed E-state index contributed by atoms with van der Waals surface area (Å²) in [6.45, 7) is 4.71. The number of carbonyl (C=O) groups is 2. The fraction of sp³-hybridized carbons (Fsp3) is 0.714. The Bertz CT molecular complexity index is 153. The highest BCUT2D eigenvalue weighted by Gasteiger charge is 2.15. The van der Waals surface area contributed by atoms with Crippen molar-refractivity contribution in [3.05, 3.63) is 0 Å². The van der Waals surface area contributed by atoms with Gasteiger partial charge in [-0.05, 0) is 13.8 Å². The van der Waals surface area contributed by atoms with Crippen LogP contribution in [-0.2, 0) is 19.1 Å². The molecule has 0 aromatic heterocycles. The van der Waals surface area contributed by atoms with Gasteiger partial charge in [-0.25, -0.2) is 4.79 Å². The molecule has 64 valence electrons. The SMILES string of the molecule is CCOC(=O)[C@H](C)OC(C)=O. The summed E-state index contributed by atoms with van der Waals surface area (Å²) in [5, 5.41) is 0. The molecule has 4 heteroatoms. The van der Waals surface area contributed by atoms with Gasteiger partial charge < -0.3 is 9.47 Å². The fourth-order valence-corrected chi connectivity index (χ4v) is 0.557. The second-order valence-corrected chi connectivity index (χ2v) is 2.00. The predicted octanol–water partition coefficient (Wildman–Crippen LogP) is 0.501. The van der Waals surface area contributed by atoms with Gasteiger partial charge in [0.05, 0.1) is 6.61 Å². The minimum absolute atomic E-state index is 0.296. The van der Waals surface area contributed by atoms with E-state index in [1.165, 1.54) is 13.8 Å². The monoisotopic (exact) mass is 160 g/mol. The maximum Gasteiger partial charge on any atom is 0.347 e. The van der Waals surface area contributed by atoms with Gasteiger partial charge in [-0.15, -0.1) is 0 Å². The molecule has 0 fully saturated rings. The lowest BCUT2D eigenvalue weighted by Crippen LogP contribution is -2.25.